The Morgan fingerprint density at radius 3 is 2.75 bits per heavy atom. The van der Waals surface area contributed by atoms with Gasteiger partial charge in [-0.1, -0.05) is 12.1 Å². The van der Waals surface area contributed by atoms with E-state index in [1.54, 1.807) is 6.08 Å². The molecule has 62 valence electrons. The van der Waals surface area contributed by atoms with Gasteiger partial charge in [0.15, 0.2) is 0 Å². The lowest BCUT2D eigenvalue weighted by molar-refractivity contribution is -0.104. The van der Waals surface area contributed by atoms with Crippen LogP contribution in [0, 0.1) is 6.92 Å². The quantitative estimate of drug-likeness (QED) is 0.408. The minimum Gasteiger partial charge on any atom is -0.399 e. The number of hydrogen-bond donors (Lipinski definition) is 1. The molecular formula is C10H11NO. The van der Waals surface area contributed by atoms with Crippen molar-refractivity contribution in [1.29, 1.82) is 0 Å². The van der Waals surface area contributed by atoms with Crippen molar-refractivity contribution >= 4 is 18.0 Å². The predicted molar refractivity (Wildman–Crippen MR) is 50.7 cm³/mol. The van der Waals surface area contributed by atoms with E-state index < -0.39 is 0 Å². The summed E-state index contributed by atoms with van der Waals surface area (Å²) in [5.41, 5.74) is 8.41. The third kappa shape index (κ3) is 1.95. The molecule has 0 bridgehead atoms. The van der Waals surface area contributed by atoms with Gasteiger partial charge in [-0.3, -0.25) is 4.79 Å². The van der Waals surface area contributed by atoms with Gasteiger partial charge in [0.25, 0.3) is 0 Å². The number of nitrogen functional groups attached to an aromatic ring is 1. The summed E-state index contributed by atoms with van der Waals surface area (Å²) in [5, 5.41) is 0. The Hall–Kier alpha value is -1.57. The van der Waals surface area contributed by atoms with Crippen LogP contribution in [0.4, 0.5) is 5.69 Å². The molecule has 0 saturated carbocycles. The van der Waals surface area contributed by atoms with Gasteiger partial charge in [-0.15, -0.1) is 0 Å². The minimum absolute atomic E-state index is 0.746. The molecule has 0 aliphatic carbocycles. The van der Waals surface area contributed by atoms with Gasteiger partial charge in [-0.2, -0.15) is 0 Å². The fourth-order valence-electron chi connectivity index (χ4n) is 1.03. The third-order valence-corrected chi connectivity index (χ3v) is 1.65. The predicted octanol–water partition coefficient (Wildman–Crippen LogP) is 1.79. The molecule has 1 aromatic carbocycles. The summed E-state index contributed by atoms with van der Waals surface area (Å²) in [4.78, 5) is 10.0. The SMILES string of the molecule is Cc1cc(N)ccc1C=CC=O. The summed E-state index contributed by atoms with van der Waals surface area (Å²) in [6.07, 6.45) is 4.00. The van der Waals surface area contributed by atoms with E-state index in [1.165, 1.54) is 6.08 Å². The highest BCUT2D eigenvalue weighted by atomic mass is 16.1. The summed E-state index contributed by atoms with van der Waals surface area (Å²) in [6, 6.07) is 5.59. The van der Waals surface area contributed by atoms with Gasteiger partial charge >= 0.3 is 0 Å². The molecule has 0 saturated heterocycles. The molecule has 0 unspecified atom stereocenters. The second-order valence-corrected chi connectivity index (χ2v) is 2.61. The van der Waals surface area contributed by atoms with Crippen molar-refractivity contribution in [3.63, 3.8) is 0 Å². The Morgan fingerprint density at radius 1 is 1.42 bits per heavy atom. The van der Waals surface area contributed by atoms with Crippen LogP contribution in [0.2, 0.25) is 0 Å². The number of allylic oxidation sites excluding steroid dienone is 1. The highest BCUT2D eigenvalue weighted by Crippen LogP contribution is 2.13. The van der Waals surface area contributed by atoms with Gasteiger partial charge in [0.2, 0.25) is 0 Å². The maximum absolute atomic E-state index is 10.0. The van der Waals surface area contributed by atoms with Crippen molar-refractivity contribution in [2.75, 3.05) is 5.73 Å². The highest BCUT2D eigenvalue weighted by Gasteiger charge is 1.92. The first-order chi connectivity index (χ1) is 5.74. The molecule has 1 rings (SSSR count). The van der Waals surface area contributed by atoms with Crippen molar-refractivity contribution in [2.24, 2.45) is 0 Å². The maximum atomic E-state index is 10.0. The summed E-state index contributed by atoms with van der Waals surface area (Å²) in [6.45, 7) is 1.96. The Kier molecular flexibility index (Phi) is 2.64. The Bertz CT molecular complexity index is 316. The van der Waals surface area contributed by atoms with Gasteiger partial charge < -0.3 is 5.73 Å². The zero-order valence-corrected chi connectivity index (χ0v) is 6.95. The van der Waals surface area contributed by atoms with Gasteiger partial charge in [-0.25, -0.2) is 0 Å². The van der Waals surface area contributed by atoms with Crippen LogP contribution in [0.1, 0.15) is 11.1 Å². The van der Waals surface area contributed by atoms with Crippen molar-refractivity contribution in [1.82, 2.24) is 0 Å². The average molecular weight is 161 g/mol. The molecule has 12 heavy (non-hydrogen) atoms. The number of carbonyl (C=O) groups is 1. The number of nitrogens with two attached hydrogens (primary N) is 1. The van der Waals surface area contributed by atoms with E-state index in [4.69, 9.17) is 5.73 Å². The molecular weight excluding hydrogens is 150 g/mol. The van der Waals surface area contributed by atoms with Crippen molar-refractivity contribution < 1.29 is 4.79 Å². The molecule has 2 heteroatoms. The summed E-state index contributed by atoms with van der Waals surface area (Å²) in [5.74, 6) is 0. The molecule has 2 nitrogen and oxygen atoms in total. The Morgan fingerprint density at radius 2 is 2.17 bits per heavy atom. The van der Waals surface area contributed by atoms with E-state index in [0.29, 0.717) is 0 Å². The van der Waals surface area contributed by atoms with Crippen LogP contribution in [-0.4, -0.2) is 6.29 Å². The lowest BCUT2D eigenvalue weighted by Gasteiger charge is -2.00. The first-order valence-electron chi connectivity index (χ1n) is 3.72. The van der Waals surface area contributed by atoms with Gasteiger partial charge in [0.05, 0.1) is 0 Å². The van der Waals surface area contributed by atoms with Crippen LogP contribution < -0.4 is 5.73 Å². The first kappa shape index (κ1) is 8.53. The minimum atomic E-state index is 0.746. The lowest BCUT2D eigenvalue weighted by Crippen LogP contribution is -1.87. The molecule has 0 aliphatic rings. The second-order valence-electron chi connectivity index (χ2n) is 2.61. The molecule has 0 aliphatic heterocycles. The van der Waals surface area contributed by atoms with E-state index >= 15 is 0 Å². The second kappa shape index (κ2) is 3.72. The molecule has 0 aromatic heterocycles. The Balaban J connectivity index is 3.01. The summed E-state index contributed by atoms with van der Waals surface area (Å²) in [7, 11) is 0. The standard InChI is InChI=1S/C10H11NO/c1-8-7-10(11)5-4-9(8)3-2-6-12/h2-7H,11H2,1H3. The molecule has 0 fully saturated rings. The first-order valence-corrected chi connectivity index (χ1v) is 3.72. The van der Waals surface area contributed by atoms with Gasteiger partial charge in [-0.05, 0) is 36.3 Å². The zero-order valence-electron chi connectivity index (χ0n) is 6.95. The topological polar surface area (TPSA) is 43.1 Å². The van der Waals surface area contributed by atoms with Crippen molar-refractivity contribution in [3.8, 4) is 0 Å². The van der Waals surface area contributed by atoms with E-state index in [9.17, 15) is 4.79 Å². The number of anilines is 1. The van der Waals surface area contributed by atoms with Crippen LogP contribution in [0.25, 0.3) is 6.08 Å². The molecule has 0 spiro atoms. The fourth-order valence-corrected chi connectivity index (χ4v) is 1.03. The maximum Gasteiger partial charge on any atom is 0.142 e. The zero-order chi connectivity index (χ0) is 8.97. The summed E-state index contributed by atoms with van der Waals surface area (Å²) < 4.78 is 0. The summed E-state index contributed by atoms with van der Waals surface area (Å²) >= 11 is 0. The van der Waals surface area contributed by atoms with Crippen LogP contribution in [-0.2, 0) is 4.79 Å². The van der Waals surface area contributed by atoms with E-state index in [1.807, 2.05) is 25.1 Å². The molecule has 0 atom stereocenters. The van der Waals surface area contributed by atoms with Crippen LogP contribution in [0.3, 0.4) is 0 Å². The molecule has 2 N–H and O–H groups in total. The molecule has 0 heterocycles. The van der Waals surface area contributed by atoms with Crippen LogP contribution >= 0.6 is 0 Å². The van der Waals surface area contributed by atoms with E-state index in [2.05, 4.69) is 0 Å². The number of hydrogen-bond acceptors (Lipinski definition) is 2. The number of rotatable bonds is 2. The van der Waals surface area contributed by atoms with E-state index in [0.717, 1.165) is 23.1 Å². The van der Waals surface area contributed by atoms with Gasteiger partial charge in [0, 0.05) is 5.69 Å². The molecule has 1 aromatic rings. The van der Waals surface area contributed by atoms with E-state index in [-0.39, 0.29) is 0 Å². The number of aldehydes is 1. The number of aryl methyl sites for hydroxylation is 1. The van der Waals surface area contributed by atoms with Crippen LogP contribution in [0.15, 0.2) is 24.3 Å². The fraction of sp³-hybridized carbons (Fsp3) is 0.100. The smallest absolute Gasteiger partial charge is 0.142 e. The number of carbonyl (C=O) groups excluding carboxylic acids is 1. The lowest BCUT2D eigenvalue weighted by atomic mass is 10.1. The molecule has 0 radical (unpaired) electrons. The number of benzene rings is 1. The third-order valence-electron chi connectivity index (χ3n) is 1.65. The van der Waals surface area contributed by atoms with Gasteiger partial charge in [0.1, 0.15) is 6.29 Å². The largest absolute Gasteiger partial charge is 0.399 e. The van der Waals surface area contributed by atoms with Crippen molar-refractivity contribution in [2.45, 2.75) is 6.92 Å². The Labute approximate surface area is 71.7 Å². The highest BCUT2D eigenvalue weighted by molar-refractivity contribution is 5.74. The van der Waals surface area contributed by atoms with Crippen LogP contribution in [0.5, 0.6) is 0 Å². The normalized spacial score (nSPS) is 10.4. The average Bonchev–Trinajstić information content (AvgIpc) is 2.03. The van der Waals surface area contributed by atoms with Crippen molar-refractivity contribution in [3.05, 3.63) is 35.4 Å². The molecule has 0 amide bonds. The monoisotopic (exact) mass is 161 g/mol.